The summed E-state index contributed by atoms with van der Waals surface area (Å²) in [6.45, 7) is 2.34. The van der Waals surface area contributed by atoms with Gasteiger partial charge in [-0.3, -0.25) is 14.6 Å². The van der Waals surface area contributed by atoms with Crippen LogP contribution in [-0.4, -0.2) is 31.8 Å². The molecule has 7 nitrogen and oxygen atoms in total. The van der Waals surface area contributed by atoms with Crippen molar-refractivity contribution < 1.29 is 24.5 Å². The van der Waals surface area contributed by atoms with Crippen molar-refractivity contribution in [1.82, 2.24) is 9.88 Å². The molecule has 1 saturated heterocycles. The lowest BCUT2D eigenvalue weighted by Crippen LogP contribution is -2.29. The molecule has 38 heavy (non-hydrogen) atoms. The molecule has 1 aliphatic rings. The number of aryl methyl sites for hydroxylation is 1. The van der Waals surface area contributed by atoms with Gasteiger partial charge in [0.1, 0.15) is 23.9 Å². The summed E-state index contributed by atoms with van der Waals surface area (Å²) >= 11 is 0. The van der Waals surface area contributed by atoms with Gasteiger partial charge < -0.3 is 19.8 Å². The molecule has 2 heterocycles. The molecule has 190 valence electrons. The molecule has 1 aliphatic heterocycles. The zero-order valence-corrected chi connectivity index (χ0v) is 20.7. The van der Waals surface area contributed by atoms with E-state index in [2.05, 4.69) is 4.98 Å². The van der Waals surface area contributed by atoms with Crippen LogP contribution in [0, 0.1) is 6.92 Å². The van der Waals surface area contributed by atoms with Gasteiger partial charge in [-0.15, -0.1) is 0 Å². The minimum absolute atomic E-state index is 0.00867. The Morgan fingerprint density at radius 1 is 0.947 bits per heavy atom. The summed E-state index contributed by atoms with van der Waals surface area (Å²) in [5.74, 6) is -1.07. The number of hydrogen-bond acceptors (Lipinski definition) is 6. The van der Waals surface area contributed by atoms with E-state index >= 15 is 0 Å². The first-order chi connectivity index (χ1) is 18.4. The SMILES string of the molecule is Cc1cc(OCc2ccccc2)ccc1C(O)=C1C(=O)C(=O)N(Cc2cccnc2)[C@H]1c1ccc(O)cc1. The van der Waals surface area contributed by atoms with Crippen LogP contribution in [0.25, 0.3) is 5.76 Å². The maximum absolute atomic E-state index is 13.3. The molecule has 1 atom stereocenters. The molecule has 1 aromatic heterocycles. The van der Waals surface area contributed by atoms with Crippen molar-refractivity contribution in [2.24, 2.45) is 0 Å². The Balaban J connectivity index is 1.52. The first-order valence-electron chi connectivity index (χ1n) is 12.2. The van der Waals surface area contributed by atoms with Gasteiger partial charge in [0, 0.05) is 24.5 Å². The Bertz CT molecular complexity index is 1500. The fourth-order valence-electron chi connectivity index (χ4n) is 4.61. The highest BCUT2D eigenvalue weighted by Gasteiger charge is 2.46. The predicted octanol–water partition coefficient (Wildman–Crippen LogP) is 5.30. The summed E-state index contributed by atoms with van der Waals surface area (Å²) in [5.41, 5.74) is 3.48. The number of phenolic OH excluding ortho intramolecular Hbond substituents is 1. The van der Waals surface area contributed by atoms with Gasteiger partial charge in [0.15, 0.2) is 0 Å². The summed E-state index contributed by atoms with van der Waals surface area (Å²) in [6.07, 6.45) is 3.26. The molecule has 1 fully saturated rings. The minimum Gasteiger partial charge on any atom is -0.508 e. The van der Waals surface area contributed by atoms with E-state index in [0.29, 0.717) is 29.0 Å². The van der Waals surface area contributed by atoms with Crippen molar-refractivity contribution in [2.45, 2.75) is 26.1 Å². The zero-order valence-electron chi connectivity index (χ0n) is 20.7. The van der Waals surface area contributed by atoms with Crippen molar-refractivity contribution in [3.63, 3.8) is 0 Å². The van der Waals surface area contributed by atoms with Gasteiger partial charge in [0.25, 0.3) is 11.7 Å². The Labute approximate surface area is 220 Å². The number of phenols is 1. The molecule has 0 radical (unpaired) electrons. The number of amides is 1. The van der Waals surface area contributed by atoms with E-state index in [9.17, 15) is 19.8 Å². The molecule has 0 bridgehead atoms. The number of aromatic nitrogens is 1. The average Bonchev–Trinajstić information content (AvgIpc) is 3.18. The smallest absolute Gasteiger partial charge is 0.295 e. The normalized spacial score (nSPS) is 16.6. The molecule has 1 amide bonds. The lowest BCUT2D eigenvalue weighted by atomic mass is 9.93. The topological polar surface area (TPSA) is 100.0 Å². The lowest BCUT2D eigenvalue weighted by Gasteiger charge is -2.25. The van der Waals surface area contributed by atoms with Crippen molar-refractivity contribution >= 4 is 17.4 Å². The van der Waals surface area contributed by atoms with Gasteiger partial charge in [-0.05, 0) is 65.6 Å². The number of ether oxygens (including phenoxy) is 1. The largest absolute Gasteiger partial charge is 0.508 e. The van der Waals surface area contributed by atoms with Crippen LogP contribution in [-0.2, 0) is 22.7 Å². The number of ketones is 1. The van der Waals surface area contributed by atoms with Crippen molar-refractivity contribution in [3.05, 3.63) is 131 Å². The highest BCUT2D eigenvalue weighted by molar-refractivity contribution is 6.46. The number of aliphatic hydroxyl groups excluding tert-OH is 1. The highest BCUT2D eigenvalue weighted by Crippen LogP contribution is 2.41. The number of rotatable bonds is 7. The lowest BCUT2D eigenvalue weighted by molar-refractivity contribution is -0.140. The molecule has 0 saturated carbocycles. The van der Waals surface area contributed by atoms with Gasteiger partial charge in [0.05, 0.1) is 11.6 Å². The van der Waals surface area contributed by atoms with Crippen LogP contribution in [0.1, 0.15) is 33.9 Å². The number of Topliss-reactive ketones (excluding diaryl/α,β-unsaturated/α-hetero) is 1. The van der Waals surface area contributed by atoms with Gasteiger partial charge in [0.2, 0.25) is 0 Å². The maximum Gasteiger partial charge on any atom is 0.295 e. The van der Waals surface area contributed by atoms with Gasteiger partial charge in [-0.1, -0.05) is 48.5 Å². The van der Waals surface area contributed by atoms with Crippen LogP contribution in [0.2, 0.25) is 0 Å². The molecule has 7 heteroatoms. The molecular formula is C31H26N2O5. The van der Waals surface area contributed by atoms with E-state index in [-0.39, 0.29) is 23.6 Å². The molecule has 0 spiro atoms. The number of aromatic hydroxyl groups is 1. The van der Waals surface area contributed by atoms with E-state index in [4.69, 9.17) is 4.74 Å². The maximum atomic E-state index is 13.3. The first kappa shape index (κ1) is 24.8. The number of likely N-dealkylation sites (tertiary alicyclic amines) is 1. The number of aliphatic hydroxyl groups is 1. The van der Waals surface area contributed by atoms with Gasteiger partial charge in [-0.2, -0.15) is 0 Å². The van der Waals surface area contributed by atoms with E-state index in [1.807, 2.05) is 43.3 Å². The first-order valence-corrected chi connectivity index (χ1v) is 12.2. The summed E-state index contributed by atoms with van der Waals surface area (Å²) in [7, 11) is 0. The number of benzene rings is 3. The van der Waals surface area contributed by atoms with Crippen LogP contribution >= 0.6 is 0 Å². The molecule has 5 rings (SSSR count). The monoisotopic (exact) mass is 506 g/mol. The molecule has 0 aliphatic carbocycles. The Morgan fingerprint density at radius 2 is 1.68 bits per heavy atom. The predicted molar refractivity (Wildman–Crippen MR) is 142 cm³/mol. The highest BCUT2D eigenvalue weighted by atomic mass is 16.5. The summed E-state index contributed by atoms with van der Waals surface area (Å²) in [6, 6.07) is 24.0. The van der Waals surface area contributed by atoms with Gasteiger partial charge in [-0.25, -0.2) is 0 Å². The molecule has 0 unspecified atom stereocenters. The minimum atomic E-state index is -0.843. The van der Waals surface area contributed by atoms with E-state index in [1.54, 1.807) is 48.8 Å². The van der Waals surface area contributed by atoms with Crippen LogP contribution in [0.15, 0.2) is 103 Å². The van der Waals surface area contributed by atoms with E-state index < -0.39 is 17.7 Å². The van der Waals surface area contributed by atoms with Crippen molar-refractivity contribution in [2.75, 3.05) is 0 Å². The second-order valence-corrected chi connectivity index (χ2v) is 9.13. The quantitative estimate of drug-likeness (QED) is 0.201. The Hall–Kier alpha value is -4.91. The standard InChI is InChI=1S/C31H26N2O5/c1-20-16-25(38-19-21-6-3-2-4-7-21)13-14-26(20)29(35)27-28(23-9-11-24(34)12-10-23)33(31(37)30(27)36)18-22-8-5-15-32-17-22/h2-17,28,34-35H,18-19H2,1H3/t28-/m0/s1. The fourth-order valence-corrected chi connectivity index (χ4v) is 4.61. The number of pyridine rings is 1. The average molecular weight is 507 g/mol. The third-order valence-electron chi connectivity index (χ3n) is 6.53. The number of nitrogens with zero attached hydrogens (tertiary/aromatic N) is 2. The second kappa shape index (κ2) is 10.6. The van der Waals surface area contributed by atoms with E-state index in [0.717, 1.165) is 11.1 Å². The van der Waals surface area contributed by atoms with Crippen LogP contribution in [0.4, 0.5) is 0 Å². The van der Waals surface area contributed by atoms with Crippen molar-refractivity contribution in [3.8, 4) is 11.5 Å². The Morgan fingerprint density at radius 3 is 2.37 bits per heavy atom. The van der Waals surface area contributed by atoms with Crippen LogP contribution < -0.4 is 4.74 Å². The molecule has 3 aromatic carbocycles. The van der Waals surface area contributed by atoms with Crippen LogP contribution in [0.3, 0.4) is 0 Å². The van der Waals surface area contributed by atoms with E-state index in [1.165, 1.54) is 17.0 Å². The van der Waals surface area contributed by atoms with Crippen molar-refractivity contribution in [1.29, 1.82) is 0 Å². The molecular weight excluding hydrogens is 480 g/mol. The van der Waals surface area contributed by atoms with Crippen LogP contribution in [0.5, 0.6) is 11.5 Å². The zero-order chi connectivity index (χ0) is 26.6. The second-order valence-electron chi connectivity index (χ2n) is 9.13. The van der Waals surface area contributed by atoms with Gasteiger partial charge >= 0.3 is 0 Å². The summed E-state index contributed by atoms with van der Waals surface area (Å²) < 4.78 is 5.90. The third-order valence-corrected chi connectivity index (χ3v) is 6.53. The number of carbonyl (C=O) groups excluding carboxylic acids is 2. The fraction of sp³-hybridized carbons (Fsp3) is 0.129. The summed E-state index contributed by atoms with van der Waals surface area (Å²) in [5, 5.41) is 21.2. The Kier molecular flexibility index (Phi) is 6.91. The molecule has 2 N–H and O–H groups in total. The molecule has 4 aromatic rings. The number of hydrogen-bond donors (Lipinski definition) is 2. The summed E-state index contributed by atoms with van der Waals surface area (Å²) in [4.78, 5) is 32.0. The number of carbonyl (C=O) groups is 2. The third kappa shape index (κ3) is 4.99.